The van der Waals surface area contributed by atoms with E-state index in [1.807, 2.05) is 0 Å². The van der Waals surface area contributed by atoms with Crippen molar-refractivity contribution >= 4 is 5.91 Å². The Kier molecular flexibility index (Phi) is 4.33. The topological polar surface area (TPSA) is 72.3 Å². The van der Waals surface area contributed by atoms with E-state index in [2.05, 4.69) is 18.7 Å². The van der Waals surface area contributed by atoms with Gasteiger partial charge in [-0.2, -0.15) is 0 Å². The lowest BCUT2D eigenvalue weighted by molar-refractivity contribution is -0.123. The van der Waals surface area contributed by atoms with E-state index >= 15 is 0 Å². The number of amides is 1. The molecule has 94 valence electrons. The van der Waals surface area contributed by atoms with Gasteiger partial charge in [-0.3, -0.25) is 9.69 Å². The van der Waals surface area contributed by atoms with Gasteiger partial charge in [0.05, 0.1) is 5.54 Å². The molecule has 4 N–H and O–H groups in total. The number of carbonyl (C=O) groups is 1. The van der Waals surface area contributed by atoms with E-state index < -0.39 is 11.4 Å². The maximum atomic E-state index is 11.1. The molecule has 0 aromatic carbocycles. The first-order valence-corrected chi connectivity index (χ1v) is 6.19. The van der Waals surface area contributed by atoms with Crippen molar-refractivity contribution in [1.82, 2.24) is 4.90 Å². The zero-order chi connectivity index (χ0) is 12.3. The van der Waals surface area contributed by atoms with Crippen LogP contribution in [0.3, 0.4) is 0 Å². The van der Waals surface area contributed by atoms with Crippen molar-refractivity contribution in [3.63, 3.8) is 0 Å². The predicted octanol–water partition coefficient (Wildman–Crippen LogP) is 0.842. The molecule has 0 aliphatic carbocycles. The molecule has 1 aliphatic rings. The Balaban J connectivity index is 2.50. The summed E-state index contributed by atoms with van der Waals surface area (Å²) in [5.41, 5.74) is 10.3. The van der Waals surface area contributed by atoms with E-state index in [1.54, 1.807) is 6.92 Å². The van der Waals surface area contributed by atoms with E-state index in [9.17, 15) is 4.79 Å². The van der Waals surface area contributed by atoms with Gasteiger partial charge in [-0.15, -0.1) is 0 Å². The van der Waals surface area contributed by atoms with Crippen molar-refractivity contribution in [2.75, 3.05) is 6.54 Å². The van der Waals surface area contributed by atoms with Gasteiger partial charge < -0.3 is 11.5 Å². The summed E-state index contributed by atoms with van der Waals surface area (Å²) in [4.78, 5) is 13.6. The highest BCUT2D eigenvalue weighted by atomic mass is 16.1. The normalized spacial score (nSPS) is 31.0. The van der Waals surface area contributed by atoms with Crippen LogP contribution in [0, 0.1) is 0 Å². The molecule has 1 rings (SSSR count). The first-order chi connectivity index (χ1) is 7.34. The molecule has 0 radical (unpaired) electrons. The van der Waals surface area contributed by atoms with Crippen LogP contribution in [0.5, 0.6) is 0 Å². The largest absolute Gasteiger partial charge is 0.368 e. The van der Waals surface area contributed by atoms with E-state index in [0.717, 1.165) is 6.54 Å². The van der Waals surface area contributed by atoms with Gasteiger partial charge in [0, 0.05) is 18.6 Å². The second-order valence-electron chi connectivity index (χ2n) is 5.40. The lowest BCUT2D eigenvalue weighted by atomic mass is 9.93. The molecule has 0 saturated carbocycles. The highest BCUT2D eigenvalue weighted by Crippen LogP contribution is 2.23. The van der Waals surface area contributed by atoms with Crippen LogP contribution in [0.15, 0.2) is 0 Å². The predicted molar refractivity (Wildman–Crippen MR) is 65.9 cm³/mol. The number of nitrogens with two attached hydrogens (primary N) is 2. The monoisotopic (exact) mass is 227 g/mol. The van der Waals surface area contributed by atoms with Gasteiger partial charge in [0.15, 0.2) is 0 Å². The number of carbonyl (C=O) groups excluding carboxylic acids is 1. The minimum Gasteiger partial charge on any atom is -0.368 e. The molecule has 0 bridgehead atoms. The molecule has 4 heteroatoms. The van der Waals surface area contributed by atoms with Crippen LogP contribution in [0.4, 0.5) is 0 Å². The molecule has 1 heterocycles. The zero-order valence-electron chi connectivity index (χ0n) is 10.7. The Bertz CT molecular complexity index is 243. The molecule has 1 aliphatic heterocycles. The summed E-state index contributed by atoms with van der Waals surface area (Å²) < 4.78 is 0. The van der Waals surface area contributed by atoms with Gasteiger partial charge in [0.25, 0.3) is 0 Å². The molecule has 1 saturated heterocycles. The van der Waals surface area contributed by atoms with E-state index in [4.69, 9.17) is 11.5 Å². The average Bonchev–Trinajstić information content (AvgIpc) is 2.16. The van der Waals surface area contributed by atoms with Crippen LogP contribution in [-0.2, 0) is 4.79 Å². The Morgan fingerprint density at radius 2 is 1.88 bits per heavy atom. The van der Waals surface area contributed by atoms with Crippen molar-refractivity contribution < 1.29 is 4.79 Å². The molecule has 4 nitrogen and oxygen atoms in total. The highest BCUT2D eigenvalue weighted by Gasteiger charge is 2.30. The van der Waals surface area contributed by atoms with E-state index in [0.29, 0.717) is 18.5 Å². The van der Waals surface area contributed by atoms with Crippen molar-refractivity contribution in [1.29, 1.82) is 0 Å². The minimum absolute atomic E-state index is 0.412. The van der Waals surface area contributed by atoms with Crippen LogP contribution >= 0.6 is 0 Å². The summed E-state index contributed by atoms with van der Waals surface area (Å²) in [6.45, 7) is 7.06. The average molecular weight is 227 g/mol. The molecular weight excluding hydrogens is 202 g/mol. The molecule has 0 spiro atoms. The first kappa shape index (κ1) is 13.5. The van der Waals surface area contributed by atoms with Crippen LogP contribution in [0.25, 0.3) is 0 Å². The zero-order valence-corrected chi connectivity index (χ0v) is 10.7. The number of likely N-dealkylation sites (tertiary alicyclic amines) is 1. The summed E-state index contributed by atoms with van der Waals surface area (Å²) in [6.07, 6.45) is 4.41. The van der Waals surface area contributed by atoms with Gasteiger partial charge in [0.1, 0.15) is 0 Å². The van der Waals surface area contributed by atoms with Gasteiger partial charge >= 0.3 is 0 Å². The summed E-state index contributed by atoms with van der Waals surface area (Å²) >= 11 is 0. The first-order valence-electron chi connectivity index (χ1n) is 6.19. The third-order valence-electron chi connectivity index (χ3n) is 3.83. The van der Waals surface area contributed by atoms with Crippen molar-refractivity contribution in [3.8, 4) is 0 Å². The number of nitrogens with zero attached hydrogens (tertiary/aromatic N) is 1. The van der Waals surface area contributed by atoms with Crippen LogP contribution in [0.2, 0.25) is 0 Å². The fraction of sp³-hybridized carbons (Fsp3) is 0.917. The van der Waals surface area contributed by atoms with Crippen LogP contribution in [0.1, 0.15) is 46.5 Å². The number of piperidine rings is 1. The summed E-state index contributed by atoms with van der Waals surface area (Å²) in [5.74, 6) is -0.412. The fourth-order valence-corrected chi connectivity index (χ4v) is 2.40. The van der Waals surface area contributed by atoms with Crippen molar-refractivity contribution in [2.45, 2.75) is 64.1 Å². The maximum absolute atomic E-state index is 11.1. The standard InChI is InChI=1S/C12H25N3O/c1-9-5-4-6-10(2)15(9)8-7-12(3,14)11(13)16/h9-10H,4-8,14H2,1-3H3,(H2,13,16). The molecule has 3 unspecified atom stereocenters. The van der Waals surface area contributed by atoms with Crippen LogP contribution < -0.4 is 11.5 Å². The maximum Gasteiger partial charge on any atom is 0.237 e. The SMILES string of the molecule is CC1CCCC(C)N1CCC(C)(N)C(N)=O. The third kappa shape index (κ3) is 3.19. The highest BCUT2D eigenvalue weighted by molar-refractivity contribution is 5.83. The minimum atomic E-state index is -0.878. The van der Waals surface area contributed by atoms with E-state index in [-0.39, 0.29) is 0 Å². The Hall–Kier alpha value is -0.610. The Labute approximate surface area is 98.3 Å². The van der Waals surface area contributed by atoms with Crippen molar-refractivity contribution in [2.24, 2.45) is 11.5 Å². The lowest BCUT2D eigenvalue weighted by Gasteiger charge is -2.40. The molecule has 16 heavy (non-hydrogen) atoms. The smallest absolute Gasteiger partial charge is 0.237 e. The fourth-order valence-electron chi connectivity index (χ4n) is 2.40. The Morgan fingerprint density at radius 1 is 1.38 bits per heavy atom. The van der Waals surface area contributed by atoms with E-state index in [1.165, 1.54) is 19.3 Å². The summed E-state index contributed by atoms with van der Waals surface area (Å²) in [5, 5.41) is 0. The third-order valence-corrected chi connectivity index (χ3v) is 3.83. The molecular formula is C12H25N3O. The quantitative estimate of drug-likeness (QED) is 0.747. The number of hydrogen-bond donors (Lipinski definition) is 2. The number of hydrogen-bond acceptors (Lipinski definition) is 3. The summed E-state index contributed by atoms with van der Waals surface area (Å²) in [7, 11) is 0. The van der Waals surface area contributed by atoms with Gasteiger partial charge in [-0.1, -0.05) is 6.42 Å². The van der Waals surface area contributed by atoms with Crippen LogP contribution in [-0.4, -0.2) is 35.0 Å². The molecule has 1 fully saturated rings. The second-order valence-corrected chi connectivity index (χ2v) is 5.40. The number of rotatable bonds is 4. The lowest BCUT2D eigenvalue weighted by Crippen LogP contribution is -2.53. The number of primary amides is 1. The van der Waals surface area contributed by atoms with Crippen molar-refractivity contribution in [3.05, 3.63) is 0 Å². The van der Waals surface area contributed by atoms with Gasteiger partial charge in [-0.05, 0) is 40.0 Å². The molecule has 0 aromatic heterocycles. The Morgan fingerprint density at radius 3 is 2.31 bits per heavy atom. The van der Waals surface area contributed by atoms with Gasteiger partial charge in [0.2, 0.25) is 5.91 Å². The molecule has 3 atom stereocenters. The molecule has 1 amide bonds. The second kappa shape index (κ2) is 5.15. The molecule has 0 aromatic rings. The van der Waals surface area contributed by atoms with Gasteiger partial charge in [-0.25, -0.2) is 0 Å². The summed E-state index contributed by atoms with van der Waals surface area (Å²) in [6, 6.07) is 1.18.